The first-order valence-electron chi connectivity index (χ1n) is 4.39. The third-order valence-corrected chi connectivity index (χ3v) is 3.81. The van der Waals surface area contributed by atoms with E-state index < -0.39 is 33.7 Å². The second kappa shape index (κ2) is 6.34. The summed E-state index contributed by atoms with van der Waals surface area (Å²) in [6.45, 7) is 3.59. The molecule has 92 valence electrons. The molecule has 1 atom stereocenters. The summed E-state index contributed by atoms with van der Waals surface area (Å²) in [6, 6.07) is 0. The Morgan fingerprint density at radius 2 is 1.69 bits per heavy atom. The van der Waals surface area contributed by atoms with Gasteiger partial charge < -0.3 is 9.47 Å². The summed E-state index contributed by atoms with van der Waals surface area (Å²) in [6.07, 6.45) is -0.729. The molecule has 0 aliphatic heterocycles. The van der Waals surface area contributed by atoms with Gasteiger partial charge in [-0.25, -0.2) is 0 Å². The highest BCUT2D eigenvalue weighted by Gasteiger charge is 2.40. The van der Waals surface area contributed by atoms with Crippen molar-refractivity contribution < 1.29 is 23.9 Å². The van der Waals surface area contributed by atoms with E-state index in [1.54, 1.807) is 0 Å². The lowest BCUT2D eigenvalue weighted by molar-refractivity contribution is -0.150. The number of ether oxygens (including phenoxy) is 2. The second-order valence-corrected chi connectivity index (χ2v) is 6.64. The van der Waals surface area contributed by atoms with E-state index in [4.69, 9.17) is 4.74 Å². The number of alkyl halides is 2. The molecule has 1 unspecified atom stereocenters. The Morgan fingerprint density at radius 3 is 2.06 bits per heavy atom. The van der Waals surface area contributed by atoms with Crippen LogP contribution >= 0.6 is 31.9 Å². The molecule has 0 radical (unpaired) electrons. The van der Waals surface area contributed by atoms with E-state index in [9.17, 15) is 14.4 Å². The molecule has 0 aliphatic carbocycles. The quantitative estimate of drug-likeness (QED) is 0.550. The molecule has 16 heavy (non-hydrogen) atoms. The number of rotatable bonds is 5. The fourth-order valence-electron chi connectivity index (χ4n) is 0.813. The van der Waals surface area contributed by atoms with Gasteiger partial charge in [-0.3, -0.25) is 14.4 Å². The van der Waals surface area contributed by atoms with E-state index >= 15 is 0 Å². The third-order valence-electron chi connectivity index (χ3n) is 1.63. The minimum Gasteiger partial charge on any atom is -0.460 e. The number of hydrogen-bond donors (Lipinski definition) is 0. The van der Waals surface area contributed by atoms with E-state index in [2.05, 4.69) is 36.6 Å². The SMILES string of the molecule is CC(=O)OCC(=O)C(Br)(Br)C(C)OC(C)=O. The Labute approximate surface area is 110 Å². The lowest BCUT2D eigenvalue weighted by Gasteiger charge is -2.25. The largest absolute Gasteiger partial charge is 0.460 e. The molecule has 0 aromatic rings. The van der Waals surface area contributed by atoms with Gasteiger partial charge in [-0.15, -0.1) is 0 Å². The van der Waals surface area contributed by atoms with Gasteiger partial charge in [-0.05, 0) is 6.92 Å². The van der Waals surface area contributed by atoms with Crippen LogP contribution in [0.4, 0.5) is 0 Å². The summed E-state index contributed by atoms with van der Waals surface area (Å²) < 4.78 is 8.16. The van der Waals surface area contributed by atoms with Crippen LogP contribution < -0.4 is 0 Å². The number of esters is 2. The third kappa shape index (κ3) is 5.07. The number of ketones is 1. The zero-order valence-electron chi connectivity index (χ0n) is 9.08. The van der Waals surface area contributed by atoms with Crippen molar-refractivity contribution in [3.63, 3.8) is 0 Å². The van der Waals surface area contributed by atoms with Crippen LogP contribution in [-0.2, 0) is 23.9 Å². The minimum absolute atomic E-state index is 0.391. The average molecular weight is 360 g/mol. The Bertz CT molecular complexity index is 300. The van der Waals surface area contributed by atoms with Crippen molar-refractivity contribution >= 4 is 49.6 Å². The molecule has 0 saturated carbocycles. The number of Topliss-reactive ketones (excluding diaryl/α,β-unsaturated/α-hetero) is 1. The van der Waals surface area contributed by atoms with Gasteiger partial charge in [0.1, 0.15) is 6.10 Å². The smallest absolute Gasteiger partial charge is 0.303 e. The molecule has 0 N–H and O–H groups in total. The first-order chi connectivity index (χ1) is 7.17. The summed E-state index contributed by atoms with van der Waals surface area (Å²) in [4.78, 5) is 32.9. The fraction of sp³-hybridized carbons (Fsp3) is 0.667. The van der Waals surface area contributed by atoms with E-state index in [-0.39, 0.29) is 0 Å². The van der Waals surface area contributed by atoms with E-state index in [0.29, 0.717) is 0 Å². The highest BCUT2D eigenvalue weighted by Crippen LogP contribution is 2.33. The highest BCUT2D eigenvalue weighted by molar-refractivity contribution is 9.26. The van der Waals surface area contributed by atoms with Crippen molar-refractivity contribution in [3.05, 3.63) is 0 Å². The topological polar surface area (TPSA) is 69.7 Å². The lowest BCUT2D eigenvalue weighted by Crippen LogP contribution is -2.41. The molecule has 0 aromatic carbocycles. The zero-order chi connectivity index (χ0) is 12.9. The summed E-state index contributed by atoms with van der Waals surface area (Å²) >= 11 is 6.18. The molecule has 0 bridgehead atoms. The Morgan fingerprint density at radius 1 is 1.19 bits per heavy atom. The van der Waals surface area contributed by atoms with Gasteiger partial charge in [-0.2, -0.15) is 0 Å². The van der Waals surface area contributed by atoms with Gasteiger partial charge in [0.25, 0.3) is 0 Å². The average Bonchev–Trinajstić information content (AvgIpc) is 2.12. The van der Waals surface area contributed by atoms with Crippen LogP contribution in [0.1, 0.15) is 20.8 Å². The molecule has 0 amide bonds. The van der Waals surface area contributed by atoms with Gasteiger partial charge in [0.2, 0.25) is 5.78 Å². The van der Waals surface area contributed by atoms with Crippen molar-refractivity contribution in [3.8, 4) is 0 Å². The lowest BCUT2D eigenvalue weighted by atomic mass is 10.2. The van der Waals surface area contributed by atoms with Crippen molar-refractivity contribution in [2.24, 2.45) is 0 Å². The van der Waals surface area contributed by atoms with E-state index in [0.717, 1.165) is 0 Å². The molecule has 0 heterocycles. The molecule has 0 aliphatic rings. The van der Waals surface area contributed by atoms with Crippen LogP contribution in [-0.4, -0.2) is 33.7 Å². The van der Waals surface area contributed by atoms with Crippen molar-refractivity contribution in [1.29, 1.82) is 0 Å². The van der Waals surface area contributed by atoms with Gasteiger partial charge >= 0.3 is 11.9 Å². The maximum atomic E-state index is 11.6. The number of carbonyl (C=O) groups is 3. The van der Waals surface area contributed by atoms with E-state index in [1.165, 1.54) is 20.8 Å². The molecule has 7 heteroatoms. The number of halogens is 2. The highest BCUT2D eigenvalue weighted by atomic mass is 79.9. The molecule has 0 saturated heterocycles. The maximum Gasteiger partial charge on any atom is 0.303 e. The Kier molecular flexibility index (Phi) is 6.17. The number of hydrogen-bond acceptors (Lipinski definition) is 5. The van der Waals surface area contributed by atoms with Gasteiger partial charge in [0.05, 0.1) is 0 Å². The van der Waals surface area contributed by atoms with Crippen LogP contribution in [0.2, 0.25) is 0 Å². The fourth-order valence-corrected chi connectivity index (χ4v) is 1.23. The van der Waals surface area contributed by atoms with Gasteiger partial charge in [-0.1, -0.05) is 31.9 Å². The summed E-state index contributed by atoms with van der Waals surface area (Å²) in [5.41, 5.74) is 0. The second-order valence-electron chi connectivity index (χ2n) is 3.08. The predicted molar refractivity (Wildman–Crippen MR) is 63.5 cm³/mol. The van der Waals surface area contributed by atoms with E-state index in [1.807, 2.05) is 0 Å². The van der Waals surface area contributed by atoms with Crippen LogP contribution in [0.3, 0.4) is 0 Å². The van der Waals surface area contributed by atoms with Crippen molar-refractivity contribution in [1.82, 2.24) is 0 Å². The molecular formula is C9H12Br2O5. The number of carbonyl (C=O) groups excluding carboxylic acids is 3. The van der Waals surface area contributed by atoms with Crippen LogP contribution in [0.5, 0.6) is 0 Å². The minimum atomic E-state index is -1.25. The molecule has 5 nitrogen and oxygen atoms in total. The van der Waals surface area contributed by atoms with Crippen molar-refractivity contribution in [2.75, 3.05) is 6.61 Å². The Hall–Kier alpha value is -0.430. The summed E-state index contributed by atoms with van der Waals surface area (Å²) in [5, 5.41) is 0. The monoisotopic (exact) mass is 358 g/mol. The normalized spacial score (nSPS) is 12.8. The molecule has 0 fully saturated rings. The molecule has 0 aromatic heterocycles. The molecule has 0 rings (SSSR count). The van der Waals surface area contributed by atoms with Gasteiger partial charge in [0, 0.05) is 13.8 Å². The zero-order valence-corrected chi connectivity index (χ0v) is 12.3. The Balaban J connectivity index is 4.45. The molecule has 0 spiro atoms. The van der Waals surface area contributed by atoms with Crippen LogP contribution in [0.25, 0.3) is 0 Å². The maximum absolute atomic E-state index is 11.6. The molecular weight excluding hydrogens is 348 g/mol. The van der Waals surface area contributed by atoms with Crippen molar-refractivity contribution in [2.45, 2.75) is 30.1 Å². The predicted octanol–water partition coefficient (Wildman–Crippen LogP) is 1.56. The van der Waals surface area contributed by atoms with Gasteiger partial charge in [0.15, 0.2) is 9.84 Å². The first-order valence-corrected chi connectivity index (χ1v) is 5.98. The van der Waals surface area contributed by atoms with Crippen LogP contribution in [0, 0.1) is 0 Å². The summed E-state index contributed by atoms with van der Waals surface area (Å²) in [5.74, 6) is -1.50. The van der Waals surface area contributed by atoms with Crippen LogP contribution in [0.15, 0.2) is 0 Å². The summed E-state index contributed by atoms with van der Waals surface area (Å²) in [7, 11) is 0. The first kappa shape index (κ1) is 15.6. The standard InChI is InChI=1S/C9H12Br2O5/c1-5(16-7(3)13)9(10,11)8(14)4-15-6(2)12/h5H,4H2,1-3H3.